The van der Waals surface area contributed by atoms with Crippen LogP contribution in [0.2, 0.25) is 0 Å². The van der Waals surface area contributed by atoms with Crippen LogP contribution in [0.1, 0.15) is 36.3 Å². The molecule has 120 valence electrons. The maximum Gasteiger partial charge on any atom is 0.229 e. The molecule has 2 aliphatic heterocycles. The van der Waals surface area contributed by atoms with Gasteiger partial charge in [0.1, 0.15) is 5.76 Å². The minimum absolute atomic E-state index is 0.113. The Bertz CT molecular complexity index is 551. The number of amides is 1. The van der Waals surface area contributed by atoms with Crippen molar-refractivity contribution >= 4 is 5.91 Å². The first kappa shape index (κ1) is 15.3. The molecule has 2 saturated heterocycles. The van der Waals surface area contributed by atoms with Crippen molar-refractivity contribution in [3.8, 4) is 0 Å². The van der Waals surface area contributed by atoms with Crippen LogP contribution in [-0.4, -0.2) is 47.0 Å². The molecule has 3 heterocycles. The standard InChI is InChI=1S/C17H25N3O2/c1-4-8-20-11-7-17(16(20)21)5-9-19(10-6-17)12-15-13(2)18-22-14(15)3/h4H,1,5-12H2,2-3H3. The summed E-state index contributed by atoms with van der Waals surface area (Å²) in [5.41, 5.74) is 2.06. The van der Waals surface area contributed by atoms with Gasteiger partial charge in [0.05, 0.1) is 11.1 Å². The summed E-state index contributed by atoms with van der Waals surface area (Å²) in [4.78, 5) is 17.0. The van der Waals surface area contributed by atoms with Crippen molar-refractivity contribution in [1.82, 2.24) is 15.0 Å². The van der Waals surface area contributed by atoms with Crippen molar-refractivity contribution in [2.24, 2.45) is 5.41 Å². The van der Waals surface area contributed by atoms with Crippen LogP contribution in [0.3, 0.4) is 0 Å². The molecule has 0 bridgehead atoms. The molecule has 5 nitrogen and oxygen atoms in total. The lowest BCUT2D eigenvalue weighted by Gasteiger charge is -2.37. The van der Waals surface area contributed by atoms with Crippen LogP contribution in [0.25, 0.3) is 0 Å². The summed E-state index contributed by atoms with van der Waals surface area (Å²) in [7, 11) is 0. The number of carbonyl (C=O) groups excluding carboxylic acids is 1. The van der Waals surface area contributed by atoms with Gasteiger partial charge in [-0.25, -0.2) is 0 Å². The highest BCUT2D eigenvalue weighted by Gasteiger charge is 2.47. The molecule has 0 N–H and O–H groups in total. The van der Waals surface area contributed by atoms with Crippen LogP contribution >= 0.6 is 0 Å². The van der Waals surface area contributed by atoms with Gasteiger partial charge in [-0.2, -0.15) is 0 Å². The van der Waals surface area contributed by atoms with Crippen LogP contribution in [0, 0.1) is 19.3 Å². The van der Waals surface area contributed by atoms with Gasteiger partial charge in [-0.05, 0) is 46.2 Å². The van der Waals surface area contributed by atoms with E-state index < -0.39 is 0 Å². The number of carbonyl (C=O) groups is 1. The third-order valence-corrected chi connectivity index (χ3v) is 5.33. The number of rotatable bonds is 4. The summed E-state index contributed by atoms with van der Waals surface area (Å²) in [6.07, 6.45) is 4.74. The third kappa shape index (κ3) is 2.58. The van der Waals surface area contributed by atoms with E-state index in [9.17, 15) is 4.79 Å². The molecule has 2 aliphatic rings. The molecule has 1 amide bonds. The van der Waals surface area contributed by atoms with Gasteiger partial charge >= 0.3 is 0 Å². The molecule has 1 aromatic heterocycles. The number of aryl methyl sites for hydroxylation is 2. The Kier molecular flexibility index (Phi) is 4.08. The van der Waals surface area contributed by atoms with Crippen molar-refractivity contribution in [1.29, 1.82) is 0 Å². The fourth-order valence-electron chi connectivity index (χ4n) is 3.78. The Morgan fingerprint density at radius 3 is 2.55 bits per heavy atom. The number of aromatic nitrogens is 1. The topological polar surface area (TPSA) is 49.6 Å². The first-order valence-corrected chi connectivity index (χ1v) is 8.10. The third-order valence-electron chi connectivity index (χ3n) is 5.33. The summed E-state index contributed by atoms with van der Waals surface area (Å²) in [6, 6.07) is 0. The summed E-state index contributed by atoms with van der Waals surface area (Å²) < 4.78 is 5.24. The van der Waals surface area contributed by atoms with Crippen LogP contribution in [0.15, 0.2) is 17.2 Å². The van der Waals surface area contributed by atoms with Gasteiger partial charge in [-0.15, -0.1) is 6.58 Å². The number of likely N-dealkylation sites (tertiary alicyclic amines) is 2. The van der Waals surface area contributed by atoms with E-state index in [1.165, 1.54) is 5.56 Å². The summed E-state index contributed by atoms with van der Waals surface area (Å²) in [6.45, 7) is 12.1. The molecular formula is C17H25N3O2. The Balaban J connectivity index is 1.61. The lowest BCUT2D eigenvalue weighted by molar-refractivity contribution is -0.138. The van der Waals surface area contributed by atoms with E-state index in [1.54, 1.807) is 0 Å². The van der Waals surface area contributed by atoms with Crippen LogP contribution < -0.4 is 0 Å². The fourth-order valence-corrected chi connectivity index (χ4v) is 3.78. The molecule has 5 heteroatoms. The van der Waals surface area contributed by atoms with Gasteiger partial charge in [0.25, 0.3) is 0 Å². The number of nitrogens with zero attached hydrogens (tertiary/aromatic N) is 3. The molecule has 2 fully saturated rings. The molecule has 0 aliphatic carbocycles. The smallest absolute Gasteiger partial charge is 0.229 e. The van der Waals surface area contributed by atoms with Crippen molar-refractivity contribution < 1.29 is 9.32 Å². The zero-order chi connectivity index (χ0) is 15.7. The fraction of sp³-hybridized carbons (Fsp3) is 0.647. The molecule has 0 saturated carbocycles. The van der Waals surface area contributed by atoms with E-state index in [2.05, 4.69) is 16.6 Å². The number of hydrogen-bond donors (Lipinski definition) is 0. The number of piperidine rings is 1. The Labute approximate surface area is 131 Å². The van der Waals surface area contributed by atoms with E-state index in [0.717, 1.165) is 56.9 Å². The van der Waals surface area contributed by atoms with Gasteiger partial charge in [0.2, 0.25) is 5.91 Å². The summed E-state index contributed by atoms with van der Waals surface area (Å²) in [5, 5.41) is 4.02. The van der Waals surface area contributed by atoms with E-state index in [1.807, 2.05) is 24.8 Å². The normalized spacial score (nSPS) is 21.7. The Hall–Kier alpha value is -1.62. The molecule has 0 aromatic carbocycles. The molecule has 1 aromatic rings. The second-order valence-electron chi connectivity index (χ2n) is 6.65. The predicted molar refractivity (Wildman–Crippen MR) is 84.3 cm³/mol. The van der Waals surface area contributed by atoms with Gasteiger partial charge in [0.15, 0.2) is 0 Å². The Morgan fingerprint density at radius 2 is 1.95 bits per heavy atom. The first-order chi connectivity index (χ1) is 10.6. The van der Waals surface area contributed by atoms with Crippen LogP contribution in [-0.2, 0) is 11.3 Å². The highest BCUT2D eigenvalue weighted by Crippen LogP contribution is 2.41. The van der Waals surface area contributed by atoms with Crippen LogP contribution in [0.4, 0.5) is 0 Å². The maximum atomic E-state index is 12.6. The highest BCUT2D eigenvalue weighted by molar-refractivity contribution is 5.85. The van der Waals surface area contributed by atoms with Crippen molar-refractivity contribution in [3.63, 3.8) is 0 Å². The van der Waals surface area contributed by atoms with Crippen molar-refractivity contribution in [2.75, 3.05) is 26.2 Å². The molecule has 0 atom stereocenters. The average molecular weight is 303 g/mol. The first-order valence-electron chi connectivity index (χ1n) is 8.10. The molecule has 3 rings (SSSR count). The molecule has 0 unspecified atom stereocenters. The van der Waals surface area contributed by atoms with Gasteiger partial charge < -0.3 is 9.42 Å². The quantitative estimate of drug-likeness (QED) is 0.801. The van der Waals surface area contributed by atoms with Crippen molar-refractivity contribution in [2.45, 2.75) is 39.7 Å². The predicted octanol–water partition coefficient (Wildman–Crippen LogP) is 2.29. The molecule has 0 radical (unpaired) electrons. The summed E-state index contributed by atoms with van der Waals surface area (Å²) in [5.74, 6) is 1.25. The molecular weight excluding hydrogens is 278 g/mol. The molecule has 1 spiro atoms. The summed E-state index contributed by atoms with van der Waals surface area (Å²) >= 11 is 0. The monoisotopic (exact) mass is 303 g/mol. The molecule has 22 heavy (non-hydrogen) atoms. The van der Waals surface area contributed by atoms with E-state index in [4.69, 9.17) is 4.52 Å². The highest BCUT2D eigenvalue weighted by atomic mass is 16.5. The Morgan fingerprint density at radius 1 is 1.27 bits per heavy atom. The average Bonchev–Trinajstić information content (AvgIpc) is 2.99. The van der Waals surface area contributed by atoms with Gasteiger partial charge in [-0.1, -0.05) is 11.2 Å². The van der Waals surface area contributed by atoms with Gasteiger partial charge in [-0.3, -0.25) is 9.69 Å². The SMILES string of the molecule is C=CCN1CCC2(CCN(Cc3c(C)noc3C)CC2)C1=O. The zero-order valence-electron chi connectivity index (χ0n) is 13.6. The number of hydrogen-bond acceptors (Lipinski definition) is 4. The van der Waals surface area contributed by atoms with E-state index in [-0.39, 0.29) is 5.41 Å². The zero-order valence-corrected chi connectivity index (χ0v) is 13.6. The maximum absolute atomic E-state index is 12.6. The lowest BCUT2D eigenvalue weighted by atomic mass is 9.77. The minimum atomic E-state index is -0.113. The second-order valence-corrected chi connectivity index (χ2v) is 6.65. The van der Waals surface area contributed by atoms with E-state index >= 15 is 0 Å². The lowest BCUT2D eigenvalue weighted by Crippen LogP contribution is -2.44. The van der Waals surface area contributed by atoms with E-state index in [0.29, 0.717) is 12.5 Å². The second kappa shape index (κ2) is 5.88. The van der Waals surface area contributed by atoms with Crippen LogP contribution in [0.5, 0.6) is 0 Å². The largest absolute Gasteiger partial charge is 0.361 e. The minimum Gasteiger partial charge on any atom is -0.361 e. The van der Waals surface area contributed by atoms with Crippen molar-refractivity contribution in [3.05, 3.63) is 29.7 Å². The van der Waals surface area contributed by atoms with Gasteiger partial charge in [0, 0.05) is 25.2 Å².